The van der Waals surface area contributed by atoms with E-state index < -0.39 is 75.8 Å². The highest BCUT2D eigenvalue weighted by molar-refractivity contribution is 7.96. The molecule has 2 aliphatic heterocycles. The first-order chi connectivity index (χ1) is 17.9. The number of carbonyl (C=O) groups is 2. The Kier molecular flexibility index (Phi) is 6.76. The fourth-order valence-corrected chi connectivity index (χ4v) is 6.86. The Labute approximate surface area is 225 Å². The predicted molar refractivity (Wildman–Crippen MR) is 142 cm³/mol. The minimum Gasteiger partial charge on any atom is -0.509 e. The lowest BCUT2D eigenvalue weighted by atomic mass is 9.85. The fraction of sp³-hybridized carbons (Fsp3) is 0.280. The van der Waals surface area contributed by atoms with Crippen LogP contribution >= 0.6 is 0 Å². The monoisotopic (exact) mass is 578 g/mol. The zero-order chi connectivity index (χ0) is 29.1. The summed E-state index contributed by atoms with van der Waals surface area (Å²) in [6.45, 7) is 5.25. The number of hydrogen-bond acceptors (Lipinski definition) is 8. The highest BCUT2D eigenvalue weighted by Crippen LogP contribution is 2.44. The number of sulfonamides is 1. The standard InChI is InChI=1S/C25H27FN4O7S2/c1-25(2,3)22-20(31)18(24(33)30(22)12-13-5-7-14(26)8-6-13)19-21(23(27)32)39(36,37)17-11-15(29-38(4,34)35)9-10-16(17)28-19/h5-11,22,28-29,31H,12H2,1-4H3,(H2,27,32)/t22-/m1/s1. The largest absolute Gasteiger partial charge is 0.509 e. The van der Waals surface area contributed by atoms with Crippen molar-refractivity contribution >= 4 is 43.0 Å². The van der Waals surface area contributed by atoms with Gasteiger partial charge in [0.25, 0.3) is 11.8 Å². The number of nitrogens with two attached hydrogens (primary N) is 1. The van der Waals surface area contributed by atoms with Gasteiger partial charge in [0, 0.05) is 12.2 Å². The van der Waals surface area contributed by atoms with Gasteiger partial charge in [0.1, 0.15) is 17.1 Å². The molecule has 0 bridgehead atoms. The molecule has 5 N–H and O–H groups in total. The van der Waals surface area contributed by atoms with E-state index >= 15 is 0 Å². The van der Waals surface area contributed by atoms with E-state index in [1.807, 2.05) is 0 Å². The number of aliphatic hydroxyl groups excluding tert-OH is 1. The summed E-state index contributed by atoms with van der Waals surface area (Å²) in [6.07, 6.45) is 0.885. The van der Waals surface area contributed by atoms with Crippen LogP contribution in [0.2, 0.25) is 0 Å². The average molecular weight is 579 g/mol. The minimum absolute atomic E-state index is 0.0440. The number of hydrogen-bond donors (Lipinski definition) is 4. The SMILES string of the molecule is CC(C)(C)[C@H]1C(O)=C(C2=C(C(N)=O)S(=O)(=O)c3cc(NS(C)(=O)=O)ccc3N2)C(=O)N1Cc1ccc(F)cc1. The van der Waals surface area contributed by atoms with Gasteiger partial charge in [0.05, 0.1) is 28.6 Å². The molecule has 2 aliphatic rings. The molecule has 0 radical (unpaired) electrons. The van der Waals surface area contributed by atoms with Crippen molar-refractivity contribution in [2.75, 3.05) is 16.3 Å². The number of rotatable bonds is 6. The van der Waals surface area contributed by atoms with Crippen LogP contribution in [0, 0.1) is 11.2 Å². The molecule has 0 saturated carbocycles. The Balaban J connectivity index is 1.88. The number of anilines is 2. The van der Waals surface area contributed by atoms with Crippen molar-refractivity contribution < 1.29 is 35.9 Å². The molecule has 1 atom stereocenters. The number of carbonyl (C=O) groups excluding carboxylic acids is 2. The highest BCUT2D eigenvalue weighted by Gasteiger charge is 2.49. The third-order valence-corrected chi connectivity index (χ3v) is 8.66. The maximum Gasteiger partial charge on any atom is 0.262 e. The summed E-state index contributed by atoms with van der Waals surface area (Å²) < 4.78 is 66.1. The van der Waals surface area contributed by atoms with Crippen molar-refractivity contribution in [2.24, 2.45) is 11.1 Å². The van der Waals surface area contributed by atoms with E-state index in [2.05, 4.69) is 10.0 Å². The number of sulfone groups is 1. The highest BCUT2D eigenvalue weighted by atomic mass is 32.2. The van der Waals surface area contributed by atoms with Gasteiger partial charge in [0.15, 0.2) is 4.91 Å². The topological polar surface area (TPSA) is 176 Å². The van der Waals surface area contributed by atoms with Gasteiger partial charge in [-0.25, -0.2) is 21.2 Å². The number of benzene rings is 2. The predicted octanol–water partition coefficient (Wildman–Crippen LogP) is 2.36. The molecular formula is C25H27FN4O7S2. The lowest BCUT2D eigenvalue weighted by Gasteiger charge is -2.35. The molecular weight excluding hydrogens is 551 g/mol. The Hall–Kier alpha value is -3.91. The van der Waals surface area contributed by atoms with Crippen LogP contribution in [0.5, 0.6) is 0 Å². The molecule has 208 valence electrons. The second-order valence-electron chi connectivity index (χ2n) is 10.4. The molecule has 14 heteroatoms. The molecule has 2 heterocycles. The molecule has 0 saturated heterocycles. The molecule has 39 heavy (non-hydrogen) atoms. The summed E-state index contributed by atoms with van der Waals surface area (Å²) in [5.41, 5.74) is 4.22. The van der Waals surface area contributed by atoms with Gasteiger partial charge in [-0.3, -0.25) is 14.3 Å². The Morgan fingerprint density at radius 1 is 1.18 bits per heavy atom. The zero-order valence-corrected chi connectivity index (χ0v) is 23.1. The number of amides is 2. The van der Waals surface area contributed by atoms with E-state index in [0.717, 1.165) is 12.3 Å². The molecule has 11 nitrogen and oxygen atoms in total. The van der Waals surface area contributed by atoms with E-state index in [-0.39, 0.29) is 17.9 Å². The summed E-state index contributed by atoms with van der Waals surface area (Å²) in [7, 11) is -8.42. The zero-order valence-electron chi connectivity index (χ0n) is 21.4. The first-order valence-electron chi connectivity index (χ1n) is 11.6. The molecule has 0 aromatic heterocycles. The van der Waals surface area contributed by atoms with Crippen LogP contribution < -0.4 is 15.8 Å². The molecule has 2 aromatic carbocycles. The van der Waals surface area contributed by atoms with Crippen molar-refractivity contribution in [3.05, 3.63) is 75.8 Å². The van der Waals surface area contributed by atoms with Gasteiger partial charge in [-0.1, -0.05) is 32.9 Å². The van der Waals surface area contributed by atoms with Crippen molar-refractivity contribution in [3.8, 4) is 0 Å². The smallest absolute Gasteiger partial charge is 0.262 e. The fourth-order valence-electron chi connectivity index (χ4n) is 4.71. The van der Waals surface area contributed by atoms with Crippen molar-refractivity contribution in [2.45, 2.75) is 38.3 Å². The van der Waals surface area contributed by atoms with Crippen LogP contribution in [0.3, 0.4) is 0 Å². The molecule has 2 amide bonds. The maximum atomic E-state index is 13.8. The van der Waals surface area contributed by atoms with E-state index in [4.69, 9.17) is 5.73 Å². The van der Waals surface area contributed by atoms with Crippen molar-refractivity contribution in [1.82, 2.24) is 4.90 Å². The number of halogens is 1. The van der Waals surface area contributed by atoms with E-state index in [1.54, 1.807) is 20.8 Å². The molecule has 0 aliphatic carbocycles. The van der Waals surface area contributed by atoms with Crippen LogP contribution in [-0.2, 0) is 36.0 Å². The van der Waals surface area contributed by atoms with Crippen LogP contribution in [0.15, 0.2) is 69.3 Å². The summed E-state index contributed by atoms with van der Waals surface area (Å²) in [6, 6.07) is 8.04. The number of primary amides is 1. The van der Waals surface area contributed by atoms with Crippen molar-refractivity contribution in [3.63, 3.8) is 0 Å². The quantitative estimate of drug-likeness (QED) is 0.404. The summed E-state index contributed by atoms with van der Waals surface area (Å²) in [5, 5.41) is 14.1. The van der Waals surface area contributed by atoms with Gasteiger partial charge < -0.3 is 21.1 Å². The number of aliphatic hydroxyl groups is 1. The van der Waals surface area contributed by atoms with Gasteiger partial charge in [-0.2, -0.15) is 0 Å². The van der Waals surface area contributed by atoms with Crippen LogP contribution in [0.1, 0.15) is 26.3 Å². The van der Waals surface area contributed by atoms with Crippen LogP contribution in [0.25, 0.3) is 0 Å². The molecule has 0 spiro atoms. The Morgan fingerprint density at radius 3 is 2.33 bits per heavy atom. The third-order valence-electron chi connectivity index (χ3n) is 6.19. The first kappa shape index (κ1) is 28.1. The normalized spacial score (nSPS) is 19.2. The third kappa shape index (κ3) is 5.21. The molecule has 2 aromatic rings. The summed E-state index contributed by atoms with van der Waals surface area (Å²) >= 11 is 0. The molecule has 0 fully saturated rings. The lowest BCUT2D eigenvalue weighted by molar-refractivity contribution is -0.129. The van der Waals surface area contributed by atoms with Gasteiger partial charge >= 0.3 is 0 Å². The number of nitrogens with one attached hydrogen (secondary N) is 2. The van der Waals surface area contributed by atoms with E-state index in [1.165, 1.54) is 41.3 Å². The molecule has 0 unspecified atom stereocenters. The van der Waals surface area contributed by atoms with Crippen LogP contribution in [0.4, 0.5) is 15.8 Å². The van der Waals surface area contributed by atoms with E-state index in [9.17, 15) is 35.9 Å². The van der Waals surface area contributed by atoms with Crippen LogP contribution in [-0.4, -0.2) is 51.0 Å². The van der Waals surface area contributed by atoms with Gasteiger partial charge in [-0.05, 0) is 41.3 Å². The van der Waals surface area contributed by atoms with Gasteiger partial charge in [0.2, 0.25) is 19.9 Å². The summed E-state index contributed by atoms with van der Waals surface area (Å²) in [4.78, 5) is 26.2. The number of fused-ring (bicyclic) bond motifs is 1. The average Bonchev–Trinajstić information content (AvgIpc) is 3.03. The Bertz CT molecular complexity index is 1670. The van der Waals surface area contributed by atoms with E-state index in [0.29, 0.717) is 5.56 Å². The maximum absolute atomic E-state index is 13.8. The Morgan fingerprint density at radius 2 is 1.79 bits per heavy atom. The second kappa shape index (κ2) is 9.38. The lowest BCUT2D eigenvalue weighted by Crippen LogP contribution is -2.43. The summed E-state index contributed by atoms with van der Waals surface area (Å²) in [5.74, 6) is -3.10. The second-order valence-corrected chi connectivity index (χ2v) is 14.0. The minimum atomic E-state index is -4.68. The van der Waals surface area contributed by atoms with Crippen molar-refractivity contribution in [1.29, 1.82) is 0 Å². The number of nitrogens with zero attached hydrogens (tertiary/aromatic N) is 1. The molecule has 4 rings (SSSR count). The van der Waals surface area contributed by atoms with Gasteiger partial charge in [-0.15, -0.1) is 0 Å². The first-order valence-corrected chi connectivity index (χ1v) is 15.0.